The van der Waals surface area contributed by atoms with Crippen LogP contribution >= 0.6 is 34.8 Å². The highest BCUT2D eigenvalue weighted by molar-refractivity contribution is 6.42. The first-order chi connectivity index (χ1) is 9.79. The molecule has 21 heavy (non-hydrogen) atoms. The molecule has 0 saturated heterocycles. The lowest BCUT2D eigenvalue weighted by Crippen LogP contribution is -1.97. The van der Waals surface area contributed by atoms with E-state index in [0.717, 1.165) is 6.07 Å². The number of aromatic nitrogens is 1. The van der Waals surface area contributed by atoms with Crippen molar-refractivity contribution in [3.8, 4) is 11.6 Å². The molecule has 1 aromatic carbocycles. The van der Waals surface area contributed by atoms with Crippen molar-refractivity contribution >= 4 is 40.5 Å². The molecule has 0 aliphatic rings. The summed E-state index contributed by atoms with van der Waals surface area (Å²) in [5.74, 6) is -1.33. The molecule has 0 radical (unpaired) electrons. The van der Waals surface area contributed by atoms with Crippen LogP contribution in [-0.4, -0.2) is 9.91 Å². The van der Waals surface area contributed by atoms with Gasteiger partial charge in [0.25, 0.3) is 5.69 Å². The van der Waals surface area contributed by atoms with Crippen molar-refractivity contribution in [2.75, 3.05) is 0 Å². The third-order valence-electron chi connectivity index (χ3n) is 2.51. The molecule has 9 heteroatoms. The summed E-state index contributed by atoms with van der Waals surface area (Å²) >= 11 is 17.3. The summed E-state index contributed by atoms with van der Waals surface area (Å²) < 4.78 is 19.0. The van der Waals surface area contributed by atoms with Gasteiger partial charge in [0.2, 0.25) is 5.88 Å². The molecule has 0 fully saturated rings. The lowest BCUT2D eigenvalue weighted by atomic mass is 10.2. The first-order valence-corrected chi connectivity index (χ1v) is 6.57. The second kappa shape index (κ2) is 6.01. The highest BCUT2D eigenvalue weighted by Crippen LogP contribution is 2.35. The Morgan fingerprint density at radius 3 is 2.52 bits per heavy atom. The van der Waals surface area contributed by atoms with Crippen LogP contribution in [0.3, 0.4) is 0 Å². The van der Waals surface area contributed by atoms with Crippen molar-refractivity contribution in [3.63, 3.8) is 0 Å². The van der Waals surface area contributed by atoms with E-state index >= 15 is 0 Å². The van der Waals surface area contributed by atoms with Crippen LogP contribution in [0.2, 0.25) is 15.2 Å². The fraction of sp³-hybridized carbons (Fsp3) is 0.0833. The molecule has 0 saturated carbocycles. The average Bonchev–Trinajstić information content (AvgIpc) is 2.39. The summed E-state index contributed by atoms with van der Waals surface area (Å²) in [6.07, 6.45) is 0. The molecule has 0 N–H and O–H groups in total. The van der Waals surface area contributed by atoms with Crippen LogP contribution in [-0.2, 0) is 0 Å². The summed E-state index contributed by atoms with van der Waals surface area (Å²) in [5.41, 5.74) is -0.124. The summed E-state index contributed by atoms with van der Waals surface area (Å²) in [6, 6.07) is 3.23. The van der Waals surface area contributed by atoms with Crippen LogP contribution in [0.15, 0.2) is 18.2 Å². The normalized spacial score (nSPS) is 10.5. The minimum atomic E-state index is -0.920. The standard InChI is InChI=1S/C12H6Cl3FN2O3/c1-5-2-10(8(16)4-9(5)18(19)20)21-12-7(14)3-6(13)11(15)17-12/h2-4H,1H3. The van der Waals surface area contributed by atoms with E-state index in [1.54, 1.807) is 0 Å². The first kappa shape index (κ1) is 15.8. The van der Waals surface area contributed by atoms with E-state index in [9.17, 15) is 14.5 Å². The van der Waals surface area contributed by atoms with Gasteiger partial charge in [0.1, 0.15) is 5.02 Å². The van der Waals surface area contributed by atoms with Crippen molar-refractivity contribution in [3.05, 3.63) is 54.9 Å². The third kappa shape index (κ3) is 3.34. The van der Waals surface area contributed by atoms with Crippen molar-refractivity contribution < 1.29 is 14.1 Å². The number of hydrogen-bond acceptors (Lipinski definition) is 4. The van der Waals surface area contributed by atoms with Gasteiger partial charge in [0, 0.05) is 5.56 Å². The lowest BCUT2D eigenvalue weighted by molar-refractivity contribution is -0.385. The van der Waals surface area contributed by atoms with Crippen molar-refractivity contribution in [2.45, 2.75) is 6.92 Å². The fourth-order valence-electron chi connectivity index (χ4n) is 1.52. The van der Waals surface area contributed by atoms with E-state index in [0.29, 0.717) is 0 Å². The molecular formula is C12H6Cl3FN2O3. The van der Waals surface area contributed by atoms with E-state index in [4.69, 9.17) is 39.5 Å². The number of pyridine rings is 1. The largest absolute Gasteiger partial charge is 0.434 e. The van der Waals surface area contributed by atoms with Gasteiger partial charge in [0.15, 0.2) is 16.7 Å². The predicted octanol–water partition coefficient (Wildman–Crippen LogP) is 5.19. The van der Waals surface area contributed by atoms with Crippen LogP contribution in [0, 0.1) is 22.9 Å². The quantitative estimate of drug-likeness (QED) is 0.433. The molecule has 0 aliphatic heterocycles. The van der Waals surface area contributed by atoms with Crippen molar-refractivity contribution in [1.29, 1.82) is 0 Å². The molecule has 0 aliphatic carbocycles. The summed E-state index contributed by atoms with van der Waals surface area (Å²) in [7, 11) is 0. The minimum Gasteiger partial charge on any atom is -0.434 e. The van der Waals surface area contributed by atoms with E-state index < -0.39 is 10.7 Å². The van der Waals surface area contributed by atoms with E-state index in [1.165, 1.54) is 19.1 Å². The average molecular weight is 352 g/mol. The minimum absolute atomic E-state index is 0.0276. The van der Waals surface area contributed by atoms with Gasteiger partial charge in [-0.3, -0.25) is 10.1 Å². The Morgan fingerprint density at radius 2 is 1.90 bits per heavy atom. The highest BCUT2D eigenvalue weighted by atomic mass is 35.5. The van der Waals surface area contributed by atoms with Gasteiger partial charge in [-0.25, -0.2) is 4.39 Å². The fourth-order valence-corrected chi connectivity index (χ4v) is 2.05. The van der Waals surface area contributed by atoms with Gasteiger partial charge in [-0.1, -0.05) is 34.8 Å². The molecule has 0 spiro atoms. The number of benzene rings is 1. The van der Waals surface area contributed by atoms with Gasteiger partial charge in [-0.15, -0.1) is 0 Å². The Bertz CT molecular complexity index is 740. The third-order valence-corrected chi connectivity index (χ3v) is 3.45. The topological polar surface area (TPSA) is 65.3 Å². The van der Waals surface area contributed by atoms with Crippen LogP contribution in [0.25, 0.3) is 0 Å². The van der Waals surface area contributed by atoms with Gasteiger partial charge in [-0.2, -0.15) is 4.98 Å². The Hall–Kier alpha value is -1.63. The number of nitro benzene ring substituents is 1. The van der Waals surface area contributed by atoms with E-state index in [1.807, 2.05) is 0 Å². The summed E-state index contributed by atoms with van der Waals surface area (Å²) in [5, 5.41) is 10.8. The second-order valence-electron chi connectivity index (χ2n) is 3.98. The lowest BCUT2D eigenvalue weighted by Gasteiger charge is -2.09. The van der Waals surface area contributed by atoms with Gasteiger partial charge in [0.05, 0.1) is 16.0 Å². The zero-order valence-corrected chi connectivity index (χ0v) is 12.6. The zero-order valence-electron chi connectivity index (χ0n) is 10.4. The van der Waals surface area contributed by atoms with Gasteiger partial charge in [-0.05, 0) is 19.1 Å². The number of ether oxygens (including phenoxy) is 1. The van der Waals surface area contributed by atoms with Gasteiger partial charge < -0.3 is 4.74 Å². The maximum absolute atomic E-state index is 13.8. The predicted molar refractivity (Wildman–Crippen MR) is 77.1 cm³/mol. The van der Waals surface area contributed by atoms with Crippen LogP contribution < -0.4 is 4.74 Å². The van der Waals surface area contributed by atoms with Crippen LogP contribution in [0.1, 0.15) is 5.56 Å². The molecule has 0 unspecified atom stereocenters. The molecule has 5 nitrogen and oxygen atoms in total. The molecule has 1 aromatic heterocycles. The Morgan fingerprint density at radius 1 is 1.24 bits per heavy atom. The molecular weight excluding hydrogens is 346 g/mol. The number of hydrogen-bond donors (Lipinski definition) is 0. The molecule has 110 valence electrons. The van der Waals surface area contributed by atoms with Gasteiger partial charge >= 0.3 is 0 Å². The van der Waals surface area contributed by atoms with E-state index in [-0.39, 0.29) is 38.1 Å². The number of aryl methyl sites for hydroxylation is 1. The number of rotatable bonds is 3. The molecule has 0 amide bonds. The Balaban J connectivity index is 2.43. The van der Waals surface area contributed by atoms with Crippen molar-refractivity contribution in [1.82, 2.24) is 4.98 Å². The SMILES string of the molecule is Cc1cc(Oc2nc(Cl)c(Cl)cc2Cl)c(F)cc1[N+](=O)[O-]. The maximum atomic E-state index is 13.8. The molecule has 0 bridgehead atoms. The number of halogens is 4. The van der Waals surface area contributed by atoms with Crippen molar-refractivity contribution in [2.24, 2.45) is 0 Å². The zero-order chi connectivity index (χ0) is 15.7. The first-order valence-electron chi connectivity index (χ1n) is 5.43. The van der Waals surface area contributed by atoms with Crippen LogP contribution in [0.4, 0.5) is 10.1 Å². The molecule has 2 aromatic rings. The number of nitro groups is 1. The summed E-state index contributed by atoms with van der Waals surface area (Å²) in [6.45, 7) is 1.45. The molecule has 2 rings (SSSR count). The Kier molecular flexibility index (Phi) is 4.51. The maximum Gasteiger partial charge on any atom is 0.275 e. The summed E-state index contributed by atoms with van der Waals surface area (Å²) in [4.78, 5) is 13.8. The smallest absolute Gasteiger partial charge is 0.275 e. The van der Waals surface area contributed by atoms with E-state index in [2.05, 4.69) is 4.98 Å². The van der Waals surface area contributed by atoms with Crippen LogP contribution in [0.5, 0.6) is 11.6 Å². The molecule has 1 heterocycles. The monoisotopic (exact) mass is 350 g/mol. The highest BCUT2D eigenvalue weighted by Gasteiger charge is 2.18. The second-order valence-corrected chi connectivity index (χ2v) is 5.15. The Labute approximate surface area is 133 Å². The molecule has 0 atom stereocenters. The number of nitrogens with zero attached hydrogens (tertiary/aromatic N) is 2.